The predicted molar refractivity (Wildman–Crippen MR) is 176 cm³/mol. The Bertz CT molecular complexity index is 1700. The molecular formula is C35H37ClFN3O4S. The summed E-state index contributed by atoms with van der Waals surface area (Å²) in [5.41, 5.74) is 2.38. The van der Waals surface area contributed by atoms with E-state index in [0.717, 1.165) is 27.6 Å². The fourth-order valence-electron chi connectivity index (χ4n) is 4.78. The second kappa shape index (κ2) is 15.2. The second-order valence-electron chi connectivity index (χ2n) is 10.9. The Labute approximate surface area is 269 Å². The zero-order valence-corrected chi connectivity index (χ0v) is 27.1. The molecule has 236 valence electrons. The smallest absolute Gasteiger partial charge is 0.264 e. The number of sulfonamides is 1. The second-order valence-corrected chi connectivity index (χ2v) is 13.2. The highest BCUT2D eigenvalue weighted by molar-refractivity contribution is 7.92. The third-order valence-corrected chi connectivity index (χ3v) is 9.73. The van der Waals surface area contributed by atoms with Crippen LogP contribution in [0.25, 0.3) is 0 Å². The molecule has 0 aliphatic rings. The van der Waals surface area contributed by atoms with Crippen molar-refractivity contribution in [1.29, 1.82) is 0 Å². The lowest BCUT2D eigenvalue weighted by Crippen LogP contribution is -2.54. The monoisotopic (exact) mass is 649 g/mol. The highest BCUT2D eigenvalue weighted by Gasteiger charge is 2.35. The van der Waals surface area contributed by atoms with Crippen LogP contribution in [0, 0.1) is 12.7 Å². The van der Waals surface area contributed by atoms with Gasteiger partial charge in [0.15, 0.2) is 0 Å². The molecule has 2 atom stereocenters. The number of hydrogen-bond donors (Lipinski definition) is 1. The molecule has 7 nitrogen and oxygen atoms in total. The predicted octanol–water partition coefficient (Wildman–Crippen LogP) is 6.54. The molecule has 0 heterocycles. The first-order chi connectivity index (χ1) is 21.5. The van der Waals surface area contributed by atoms with E-state index >= 15 is 0 Å². The zero-order valence-electron chi connectivity index (χ0n) is 25.5. The molecule has 45 heavy (non-hydrogen) atoms. The Morgan fingerprint density at radius 3 is 2.13 bits per heavy atom. The maximum Gasteiger partial charge on any atom is 0.264 e. The molecular weight excluding hydrogens is 613 g/mol. The van der Waals surface area contributed by atoms with Gasteiger partial charge in [-0.2, -0.15) is 0 Å². The molecule has 2 amide bonds. The molecule has 4 aromatic carbocycles. The van der Waals surface area contributed by atoms with Crippen molar-refractivity contribution >= 4 is 39.1 Å². The van der Waals surface area contributed by atoms with Gasteiger partial charge in [-0.15, -0.1) is 0 Å². The summed E-state index contributed by atoms with van der Waals surface area (Å²) in [5, 5.41) is 3.40. The number of amides is 2. The van der Waals surface area contributed by atoms with E-state index in [1.54, 1.807) is 36.4 Å². The lowest BCUT2D eigenvalue weighted by atomic mass is 10.0. The van der Waals surface area contributed by atoms with Crippen LogP contribution in [-0.4, -0.2) is 43.8 Å². The van der Waals surface area contributed by atoms with Crippen LogP contribution in [0.2, 0.25) is 5.02 Å². The Morgan fingerprint density at radius 2 is 1.51 bits per heavy atom. The van der Waals surface area contributed by atoms with E-state index < -0.39 is 34.3 Å². The third kappa shape index (κ3) is 8.71. The number of halogens is 2. The summed E-state index contributed by atoms with van der Waals surface area (Å²) in [5.74, 6) is -1.55. The van der Waals surface area contributed by atoms with Gasteiger partial charge in [0, 0.05) is 24.0 Å². The number of rotatable bonds is 13. The van der Waals surface area contributed by atoms with Gasteiger partial charge in [-0.1, -0.05) is 84.8 Å². The maximum atomic E-state index is 14.5. The number of benzene rings is 4. The normalized spacial score (nSPS) is 12.6. The molecule has 1 N–H and O–H groups in total. The van der Waals surface area contributed by atoms with E-state index in [4.69, 9.17) is 11.6 Å². The van der Waals surface area contributed by atoms with Gasteiger partial charge in [0.25, 0.3) is 10.0 Å². The third-order valence-electron chi connectivity index (χ3n) is 7.57. The number of carbonyl (C=O) groups is 2. The number of aryl methyl sites for hydroxylation is 1. The minimum Gasteiger partial charge on any atom is -0.352 e. The van der Waals surface area contributed by atoms with Gasteiger partial charge in [0.1, 0.15) is 18.4 Å². The van der Waals surface area contributed by atoms with E-state index in [1.165, 1.54) is 29.2 Å². The minimum atomic E-state index is -4.28. The highest BCUT2D eigenvalue weighted by Crippen LogP contribution is 2.26. The molecule has 0 bridgehead atoms. The summed E-state index contributed by atoms with van der Waals surface area (Å²) < 4.78 is 42.9. The summed E-state index contributed by atoms with van der Waals surface area (Å²) in [6, 6.07) is 26.3. The molecule has 0 saturated heterocycles. The average molecular weight is 650 g/mol. The van der Waals surface area contributed by atoms with Crippen LogP contribution in [0.3, 0.4) is 0 Å². The molecule has 0 aliphatic carbocycles. The summed E-state index contributed by atoms with van der Waals surface area (Å²) in [4.78, 5) is 29.7. The number of anilines is 1. The highest BCUT2D eigenvalue weighted by atomic mass is 35.5. The van der Waals surface area contributed by atoms with E-state index in [1.807, 2.05) is 51.1 Å². The summed E-state index contributed by atoms with van der Waals surface area (Å²) in [7, 11) is -4.28. The molecule has 10 heteroatoms. The SMILES string of the molecule is CC[C@H](C)NC(=O)[C@@H](Cc1ccccc1)N(Cc1ccccc1Cl)C(=O)CN(c1ccc(F)cc1)S(=O)(=O)c1ccc(C)cc1. The summed E-state index contributed by atoms with van der Waals surface area (Å²) in [6.45, 7) is 4.96. The fourth-order valence-corrected chi connectivity index (χ4v) is 6.39. The van der Waals surface area contributed by atoms with Gasteiger partial charge in [-0.3, -0.25) is 13.9 Å². The molecule has 0 aromatic heterocycles. The van der Waals surface area contributed by atoms with Crippen LogP contribution in [-0.2, 0) is 32.6 Å². The van der Waals surface area contributed by atoms with Crippen molar-refractivity contribution in [3.8, 4) is 0 Å². The van der Waals surface area contributed by atoms with Crippen molar-refractivity contribution in [2.75, 3.05) is 10.8 Å². The largest absolute Gasteiger partial charge is 0.352 e. The van der Waals surface area contributed by atoms with Gasteiger partial charge < -0.3 is 10.2 Å². The quantitative estimate of drug-likeness (QED) is 0.178. The molecule has 0 aliphatic heterocycles. The first-order valence-electron chi connectivity index (χ1n) is 14.7. The minimum absolute atomic E-state index is 0.0294. The van der Waals surface area contributed by atoms with Crippen molar-refractivity contribution in [3.63, 3.8) is 0 Å². The average Bonchev–Trinajstić information content (AvgIpc) is 3.03. The zero-order chi connectivity index (χ0) is 32.6. The lowest BCUT2D eigenvalue weighted by Gasteiger charge is -2.34. The van der Waals surface area contributed by atoms with E-state index in [9.17, 15) is 22.4 Å². The van der Waals surface area contributed by atoms with Crippen LogP contribution in [0.1, 0.15) is 37.0 Å². The molecule has 0 fully saturated rings. The number of carbonyl (C=O) groups excluding carboxylic acids is 2. The topological polar surface area (TPSA) is 86.8 Å². The number of nitrogens with zero attached hydrogens (tertiary/aromatic N) is 2. The van der Waals surface area contributed by atoms with E-state index in [-0.39, 0.29) is 35.5 Å². The lowest BCUT2D eigenvalue weighted by molar-refractivity contribution is -0.140. The standard InChI is InChI=1S/C35H37ClFN3O4S/c1-4-26(3)38-35(42)33(22-27-10-6-5-7-11-27)39(23-28-12-8-9-13-32(28)36)34(41)24-40(30-18-16-29(37)17-19-30)45(43,44)31-20-14-25(2)15-21-31/h5-21,26,33H,4,22-24H2,1-3H3,(H,38,42)/t26-,33+/m0/s1. The Kier molecular flexibility index (Phi) is 11.4. The first kappa shape index (κ1) is 33.7. The molecule has 0 radical (unpaired) electrons. The summed E-state index contributed by atoms with van der Waals surface area (Å²) in [6.07, 6.45) is 0.857. The maximum absolute atomic E-state index is 14.5. The Balaban J connectivity index is 1.81. The van der Waals surface area contributed by atoms with E-state index in [0.29, 0.717) is 17.0 Å². The van der Waals surface area contributed by atoms with Crippen molar-refractivity contribution in [1.82, 2.24) is 10.2 Å². The first-order valence-corrected chi connectivity index (χ1v) is 16.5. The molecule has 4 rings (SSSR count). The van der Waals surface area contributed by atoms with Crippen molar-refractivity contribution in [3.05, 3.63) is 131 Å². The van der Waals surface area contributed by atoms with Crippen molar-refractivity contribution in [2.24, 2.45) is 0 Å². The Morgan fingerprint density at radius 1 is 0.889 bits per heavy atom. The van der Waals surface area contributed by atoms with Gasteiger partial charge in [-0.05, 0) is 73.9 Å². The van der Waals surface area contributed by atoms with E-state index in [2.05, 4.69) is 5.32 Å². The van der Waals surface area contributed by atoms with Gasteiger partial charge >= 0.3 is 0 Å². The molecule has 4 aromatic rings. The van der Waals surface area contributed by atoms with Crippen LogP contribution in [0.15, 0.2) is 108 Å². The molecule has 0 saturated carbocycles. The van der Waals surface area contributed by atoms with Crippen LogP contribution in [0.4, 0.5) is 10.1 Å². The van der Waals surface area contributed by atoms with Crippen LogP contribution >= 0.6 is 11.6 Å². The number of nitrogens with one attached hydrogen (secondary N) is 1. The molecule has 0 spiro atoms. The van der Waals surface area contributed by atoms with Crippen molar-refractivity contribution in [2.45, 2.75) is 57.1 Å². The Hall–Kier alpha value is -4.21. The van der Waals surface area contributed by atoms with Crippen molar-refractivity contribution < 1.29 is 22.4 Å². The number of hydrogen-bond acceptors (Lipinski definition) is 4. The molecule has 0 unspecified atom stereocenters. The summed E-state index contributed by atoms with van der Waals surface area (Å²) >= 11 is 6.53. The van der Waals surface area contributed by atoms with Gasteiger partial charge in [0.05, 0.1) is 10.6 Å². The van der Waals surface area contributed by atoms with Gasteiger partial charge in [-0.25, -0.2) is 12.8 Å². The van der Waals surface area contributed by atoms with Crippen LogP contribution in [0.5, 0.6) is 0 Å². The fraction of sp³-hybridized carbons (Fsp3) is 0.257. The van der Waals surface area contributed by atoms with Crippen LogP contribution < -0.4 is 9.62 Å². The van der Waals surface area contributed by atoms with Gasteiger partial charge in [0.2, 0.25) is 11.8 Å².